The van der Waals surface area contributed by atoms with Crippen molar-refractivity contribution in [2.24, 2.45) is 10.8 Å². The van der Waals surface area contributed by atoms with E-state index < -0.39 is 0 Å². The second-order valence-corrected chi connectivity index (χ2v) is 6.81. The third-order valence-electron chi connectivity index (χ3n) is 3.93. The fourth-order valence-corrected chi connectivity index (χ4v) is 3.37. The summed E-state index contributed by atoms with van der Waals surface area (Å²) in [5, 5.41) is 3.10. The molecule has 1 rings (SSSR count). The number of carbonyl (C=O) groups is 2. The van der Waals surface area contributed by atoms with Gasteiger partial charge in [-0.05, 0) is 36.2 Å². The van der Waals surface area contributed by atoms with E-state index >= 15 is 0 Å². The highest BCUT2D eigenvalue weighted by molar-refractivity contribution is 5.93. The zero-order chi connectivity index (χ0) is 14.1. The van der Waals surface area contributed by atoms with Crippen molar-refractivity contribution in [3.8, 4) is 0 Å². The number of Topliss-reactive ketones (excluding diaryl/α,β-unsaturated/α-hetero) is 1. The molecule has 0 saturated heterocycles. The molecule has 1 amide bonds. The Balaban J connectivity index is 2.46. The smallest absolute Gasteiger partial charge is 0.220 e. The molecule has 0 radical (unpaired) electrons. The zero-order valence-electron chi connectivity index (χ0n) is 12.2. The van der Waals surface area contributed by atoms with Gasteiger partial charge in [0, 0.05) is 12.5 Å². The standard InChI is InChI=1S/C15H25NO2/c1-10(11(2)17)7-8-12(18)16-13-14(3,4)9-15(13,5)6/h13H,1,7-9H2,2-6H3,(H,16,18). The highest BCUT2D eigenvalue weighted by Gasteiger charge is 2.53. The number of nitrogens with one attached hydrogen (secondary N) is 1. The van der Waals surface area contributed by atoms with Gasteiger partial charge in [0.15, 0.2) is 5.78 Å². The van der Waals surface area contributed by atoms with Crippen molar-refractivity contribution in [1.82, 2.24) is 5.32 Å². The Labute approximate surface area is 110 Å². The number of carbonyl (C=O) groups excluding carboxylic acids is 2. The Bertz CT molecular complexity index is 366. The van der Waals surface area contributed by atoms with Crippen LogP contribution in [0.2, 0.25) is 0 Å². The lowest BCUT2D eigenvalue weighted by molar-refractivity contribution is -0.129. The number of hydrogen-bond donors (Lipinski definition) is 1. The summed E-state index contributed by atoms with van der Waals surface area (Å²) in [5.74, 6) is -0.0182. The Morgan fingerprint density at radius 2 is 1.67 bits per heavy atom. The molecule has 3 heteroatoms. The Morgan fingerprint density at radius 3 is 2.06 bits per heavy atom. The van der Waals surface area contributed by atoms with Crippen LogP contribution in [-0.4, -0.2) is 17.7 Å². The first-order valence-corrected chi connectivity index (χ1v) is 6.54. The fraction of sp³-hybridized carbons (Fsp3) is 0.733. The lowest BCUT2D eigenvalue weighted by atomic mass is 9.52. The Hall–Kier alpha value is -1.12. The summed E-state index contributed by atoms with van der Waals surface area (Å²) in [4.78, 5) is 22.9. The largest absolute Gasteiger partial charge is 0.352 e. The van der Waals surface area contributed by atoms with Crippen molar-refractivity contribution in [3.05, 3.63) is 12.2 Å². The van der Waals surface area contributed by atoms with Crippen molar-refractivity contribution in [2.45, 2.75) is 59.9 Å². The average Bonchev–Trinajstić information content (AvgIpc) is 2.20. The van der Waals surface area contributed by atoms with Crippen LogP contribution in [-0.2, 0) is 9.59 Å². The van der Waals surface area contributed by atoms with E-state index in [1.807, 2.05) is 0 Å². The molecule has 0 aromatic carbocycles. The van der Waals surface area contributed by atoms with Gasteiger partial charge in [-0.1, -0.05) is 34.3 Å². The molecule has 1 aliphatic carbocycles. The molecule has 102 valence electrons. The summed E-state index contributed by atoms with van der Waals surface area (Å²) >= 11 is 0. The third-order valence-corrected chi connectivity index (χ3v) is 3.93. The molecule has 1 saturated carbocycles. The van der Waals surface area contributed by atoms with Crippen LogP contribution in [0.4, 0.5) is 0 Å². The van der Waals surface area contributed by atoms with Crippen LogP contribution in [0.25, 0.3) is 0 Å². The number of rotatable bonds is 5. The van der Waals surface area contributed by atoms with Gasteiger partial charge in [0.1, 0.15) is 0 Å². The summed E-state index contributed by atoms with van der Waals surface area (Å²) in [7, 11) is 0. The van der Waals surface area contributed by atoms with Crippen molar-refractivity contribution >= 4 is 11.7 Å². The number of ketones is 1. The van der Waals surface area contributed by atoms with Crippen LogP contribution in [0.1, 0.15) is 53.9 Å². The van der Waals surface area contributed by atoms with Crippen LogP contribution >= 0.6 is 0 Å². The normalized spacial score (nSPS) is 20.9. The first kappa shape index (κ1) is 14.9. The van der Waals surface area contributed by atoms with Gasteiger partial charge < -0.3 is 5.32 Å². The van der Waals surface area contributed by atoms with Gasteiger partial charge in [-0.2, -0.15) is 0 Å². The molecule has 0 spiro atoms. The summed E-state index contributed by atoms with van der Waals surface area (Å²) < 4.78 is 0. The van der Waals surface area contributed by atoms with Gasteiger partial charge in [0.05, 0.1) is 0 Å². The molecule has 0 aromatic heterocycles. The monoisotopic (exact) mass is 251 g/mol. The Kier molecular flexibility index (Phi) is 4.04. The van der Waals surface area contributed by atoms with Crippen LogP contribution in [0.15, 0.2) is 12.2 Å². The summed E-state index contributed by atoms with van der Waals surface area (Å²) in [5.41, 5.74) is 0.852. The molecule has 0 heterocycles. The predicted octanol–water partition coefficient (Wildman–Crippen LogP) is 2.85. The van der Waals surface area contributed by atoms with Crippen molar-refractivity contribution < 1.29 is 9.59 Å². The van der Waals surface area contributed by atoms with Crippen LogP contribution in [0.3, 0.4) is 0 Å². The first-order valence-electron chi connectivity index (χ1n) is 6.54. The summed E-state index contributed by atoms with van der Waals surface area (Å²) in [6.07, 6.45) is 1.92. The second kappa shape index (κ2) is 4.87. The molecule has 3 nitrogen and oxygen atoms in total. The van der Waals surface area contributed by atoms with E-state index in [0.717, 1.165) is 6.42 Å². The topological polar surface area (TPSA) is 46.2 Å². The van der Waals surface area contributed by atoms with Crippen LogP contribution in [0, 0.1) is 10.8 Å². The quantitative estimate of drug-likeness (QED) is 0.764. The van der Waals surface area contributed by atoms with Crippen molar-refractivity contribution in [2.75, 3.05) is 0 Å². The number of hydrogen-bond acceptors (Lipinski definition) is 2. The lowest BCUT2D eigenvalue weighted by Crippen LogP contribution is -2.63. The van der Waals surface area contributed by atoms with E-state index in [1.165, 1.54) is 6.92 Å². The molecule has 0 bridgehead atoms. The molecule has 0 aromatic rings. The van der Waals surface area contributed by atoms with Gasteiger partial charge >= 0.3 is 0 Å². The minimum atomic E-state index is -0.0351. The van der Waals surface area contributed by atoms with Crippen molar-refractivity contribution in [1.29, 1.82) is 0 Å². The molecular formula is C15H25NO2. The highest BCUT2D eigenvalue weighted by atomic mass is 16.1. The summed E-state index contributed by atoms with van der Waals surface area (Å²) in [6, 6.07) is 0.211. The molecule has 0 unspecified atom stereocenters. The van der Waals surface area contributed by atoms with Crippen LogP contribution < -0.4 is 5.32 Å². The van der Waals surface area contributed by atoms with Gasteiger partial charge in [-0.25, -0.2) is 0 Å². The van der Waals surface area contributed by atoms with Gasteiger partial charge in [-0.3, -0.25) is 9.59 Å². The second-order valence-electron chi connectivity index (χ2n) is 6.81. The van der Waals surface area contributed by atoms with E-state index in [2.05, 4.69) is 39.6 Å². The maximum Gasteiger partial charge on any atom is 0.220 e. The van der Waals surface area contributed by atoms with E-state index in [1.54, 1.807) is 0 Å². The van der Waals surface area contributed by atoms with Crippen molar-refractivity contribution in [3.63, 3.8) is 0 Å². The third kappa shape index (κ3) is 3.21. The SMILES string of the molecule is C=C(CCC(=O)NC1C(C)(C)CC1(C)C)C(C)=O. The molecular weight excluding hydrogens is 226 g/mol. The highest BCUT2D eigenvalue weighted by Crippen LogP contribution is 2.53. The maximum absolute atomic E-state index is 11.9. The molecule has 0 aliphatic heterocycles. The predicted molar refractivity (Wildman–Crippen MR) is 73.2 cm³/mol. The van der Waals surface area contributed by atoms with Gasteiger partial charge in [-0.15, -0.1) is 0 Å². The number of amides is 1. The van der Waals surface area contributed by atoms with Gasteiger partial charge in [0.2, 0.25) is 5.91 Å². The fourth-order valence-electron chi connectivity index (χ4n) is 3.37. The molecule has 1 N–H and O–H groups in total. The molecule has 0 atom stereocenters. The van der Waals surface area contributed by atoms with E-state index in [9.17, 15) is 9.59 Å². The van der Waals surface area contributed by atoms with Crippen LogP contribution in [0.5, 0.6) is 0 Å². The number of allylic oxidation sites excluding steroid dienone is 1. The first-order chi connectivity index (χ1) is 8.06. The van der Waals surface area contributed by atoms with E-state index in [0.29, 0.717) is 18.4 Å². The lowest BCUT2D eigenvalue weighted by Gasteiger charge is -2.57. The zero-order valence-corrected chi connectivity index (χ0v) is 12.2. The molecule has 1 fully saturated rings. The van der Waals surface area contributed by atoms with E-state index in [-0.39, 0.29) is 28.6 Å². The minimum Gasteiger partial charge on any atom is -0.352 e. The average molecular weight is 251 g/mol. The van der Waals surface area contributed by atoms with Gasteiger partial charge in [0.25, 0.3) is 0 Å². The molecule has 18 heavy (non-hydrogen) atoms. The molecule has 1 aliphatic rings. The Morgan fingerprint density at radius 1 is 1.17 bits per heavy atom. The summed E-state index contributed by atoms with van der Waals surface area (Å²) in [6.45, 7) is 13.9. The maximum atomic E-state index is 11.9. The minimum absolute atomic E-state index is 0.0169. The van der Waals surface area contributed by atoms with E-state index in [4.69, 9.17) is 0 Å².